The van der Waals surface area contributed by atoms with Gasteiger partial charge in [0.15, 0.2) is 5.78 Å². The molecule has 3 aliphatic rings. The summed E-state index contributed by atoms with van der Waals surface area (Å²) in [7, 11) is 2.15. The van der Waals surface area contributed by atoms with Crippen LogP contribution in [-0.2, 0) is 0 Å². The summed E-state index contributed by atoms with van der Waals surface area (Å²) in [6.45, 7) is 4.18. The Bertz CT molecular complexity index is 1100. The lowest BCUT2D eigenvalue weighted by Gasteiger charge is -2.33. The van der Waals surface area contributed by atoms with E-state index in [9.17, 15) is 4.79 Å². The van der Waals surface area contributed by atoms with Gasteiger partial charge in [-0.2, -0.15) is 4.98 Å². The van der Waals surface area contributed by atoms with E-state index in [0.717, 1.165) is 55.0 Å². The molecule has 148 valence electrons. The molecule has 2 aliphatic heterocycles. The number of nitrogens with one attached hydrogen (secondary N) is 1. The molecular formula is C21H23N7O. The number of hydrogen-bond donors (Lipinski definition) is 1. The van der Waals surface area contributed by atoms with Gasteiger partial charge >= 0.3 is 0 Å². The SMILES string of the molecule is CN1CCN(c2ccc(Nc3ncc4cc5n(c4n3)C3CC3CC5=O)nc2)CC1. The highest BCUT2D eigenvalue weighted by Gasteiger charge is 2.46. The second-order valence-corrected chi connectivity index (χ2v) is 8.38. The maximum Gasteiger partial charge on any atom is 0.230 e. The molecule has 2 atom stereocenters. The number of nitrogens with zero attached hydrogens (tertiary/aromatic N) is 6. The van der Waals surface area contributed by atoms with E-state index >= 15 is 0 Å². The number of anilines is 3. The van der Waals surface area contributed by atoms with E-state index in [4.69, 9.17) is 4.98 Å². The van der Waals surface area contributed by atoms with Crippen LogP contribution in [0.2, 0.25) is 0 Å². The minimum absolute atomic E-state index is 0.220. The topological polar surface area (TPSA) is 79.2 Å². The van der Waals surface area contributed by atoms with Crippen LogP contribution in [0, 0.1) is 5.92 Å². The van der Waals surface area contributed by atoms with Crippen molar-refractivity contribution in [1.29, 1.82) is 0 Å². The largest absolute Gasteiger partial charge is 0.368 e. The molecule has 6 rings (SSSR count). The summed E-state index contributed by atoms with van der Waals surface area (Å²) in [6.07, 6.45) is 5.44. The van der Waals surface area contributed by atoms with E-state index < -0.39 is 0 Å². The van der Waals surface area contributed by atoms with E-state index in [2.05, 4.69) is 42.8 Å². The van der Waals surface area contributed by atoms with Gasteiger partial charge in [-0.15, -0.1) is 0 Å². The van der Waals surface area contributed by atoms with Crippen LogP contribution in [0.1, 0.15) is 29.4 Å². The highest BCUT2D eigenvalue weighted by Crippen LogP contribution is 2.51. The normalized spacial score (nSPS) is 23.8. The van der Waals surface area contributed by atoms with Crippen LogP contribution < -0.4 is 10.2 Å². The van der Waals surface area contributed by atoms with Gasteiger partial charge in [-0.25, -0.2) is 9.97 Å². The summed E-state index contributed by atoms with van der Waals surface area (Å²) in [5, 5.41) is 4.13. The molecule has 8 nitrogen and oxygen atoms in total. The zero-order valence-electron chi connectivity index (χ0n) is 16.4. The molecule has 1 N–H and O–H groups in total. The Morgan fingerprint density at radius 2 is 1.97 bits per heavy atom. The summed E-state index contributed by atoms with van der Waals surface area (Å²) in [4.78, 5) is 30.7. The number of ketones is 1. The van der Waals surface area contributed by atoms with E-state index in [1.165, 1.54) is 0 Å². The average molecular weight is 389 g/mol. The van der Waals surface area contributed by atoms with Crippen LogP contribution in [0.3, 0.4) is 0 Å². The van der Waals surface area contributed by atoms with Crippen molar-refractivity contribution in [2.75, 3.05) is 43.4 Å². The molecule has 1 aliphatic carbocycles. The average Bonchev–Trinajstić information content (AvgIpc) is 3.39. The van der Waals surface area contributed by atoms with Crippen LogP contribution in [0.5, 0.6) is 0 Å². The fraction of sp³-hybridized carbons (Fsp3) is 0.429. The van der Waals surface area contributed by atoms with E-state index in [0.29, 0.717) is 30.1 Å². The molecule has 1 saturated heterocycles. The standard InChI is InChI=1S/C21H23N7O/c1-26-4-6-27(7-5-26)15-2-3-19(22-12-15)24-21-23-11-14-9-17-18(29)10-13-8-16(13)28(17)20(14)25-21/h2-3,9,11-13,16H,4-8,10H2,1H3,(H,22,23,24,25). The highest BCUT2D eigenvalue weighted by molar-refractivity contribution is 6.01. The smallest absolute Gasteiger partial charge is 0.230 e. The number of Topliss-reactive ketones (excluding diaryl/α,β-unsaturated/α-hetero) is 1. The number of aromatic nitrogens is 4. The predicted molar refractivity (Wildman–Crippen MR) is 111 cm³/mol. The molecule has 0 amide bonds. The van der Waals surface area contributed by atoms with Crippen molar-refractivity contribution in [2.45, 2.75) is 18.9 Å². The number of carbonyl (C=O) groups is 1. The third-order valence-electron chi connectivity index (χ3n) is 6.38. The van der Waals surface area contributed by atoms with Crippen LogP contribution in [0.4, 0.5) is 17.5 Å². The van der Waals surface area contributed by atoms with Gasteiger partial charge < -0.3 is 19.7 Å². The van der Waals surface area contributed by atoms with Gasteiger partial charge in [-0.05, 0) is 37.6 Å². The van der Waals surface area contributed by atoms with Crippen LogP contribution in [-0.4, -0.2) is 63.4 Å². The maximum atomic E-state index is 12.3. The number of rotatable bonds is 3. The van der Waals surface area contributed by atoms with Crippen molar-refractivity contribution in [3.8, 4) is 0 Å². The predicted octanol–water partition coefficient (Wildman–Crippen LogP) is 2.47. The Kier molecular flexibility index (Phi) is 3.64. The molecule has 1 saturated carbocycles. The summed E-state index contributed by atoms with van der Waals surface area (Å²) < 4.78 is 2.11. The molecule has 5 heterocycles. The molecule has 0 spiro atoms. The summed E-state index contributed by atoms with van der Waals surface area (Å²) in [6, 6.07) is 6.41. The van der Waals surface area contributed by atoms with Crippen molar-refractivity contribution in [3.63, 3.8) is 0 Å². The molecule has 2 unspecified atom stereocenters. The third kappa shape index (κ3) is 2.86. The van der Waals surface area contributed by atoms with Gasteiger partial charge in [0.2, 0.25) is 5.95 Å². The third-order valence-corrected chi connectivity index (χ3v) is 6.38. The Morgan fingerprint density at radius 3 is 2.76 bits per heavy atom. The fourth-order valence-corrected chi connectivity index (χ4v) is 4.55. The van der Waals surface area contributed by atoms with Crippen LogP contribution in [0.15, 0.2) is 30.6 Å². The molecule has 3 aromatic heterocycles. The van der Waals surface area contributed by atoms with Gasteiger partial charge in [0.25, 0.3) is 0 Å². The minimum atomic E-state index is 0.220. The molecule has 0 radical (unpaired) electrons. The van der Waals surface area contributed by atoms with Crippen molar-refractivity contribution >= 4 is 34.3 Å². The first-order valence-electron chi connectivity index (χ1n) is 10.2. The first-order valence-corrected chi connectivity index (χ1v) is 10.2. The number of likely N-dealkylation sites (N-methyl/N-ethyl adjacent to an activating group) is 1. The zero-order valence-corrected chi connectivity index (χ0v) is 16.4. The van der Waals surface area contributed by atoms with Crippen molar-refractivity contribution in [3.05, 3.63) is 36.3 Å². The summed E-state index contributed by atoms with van der Waals surface area (Å²) in [5.74, 6) is 1.93. The molecule has 8 heteroatoms. The van der Waals surface area contributed by atoms with Crippen molar-refractivity contribution in [2.24, 2.45) is 5.92 Å². The van der Waals surface area contributed by atoms with Gasteiger partial charge in [-0.1, -0.05) is 0 Å². The Morgan fingerprint density at radius 1 is 1.10 bits per heavy atom. The second kappa shape index (κ2) is 6.25. The van der Waals surface area contributed by atoms with Gasteiger partial charge in [0, 0.05) is 50.2 Å². The quantitative estimate of drug-likeness (QED) is 0.737. The number of carbonyl (C=O) groups excluding carboxylic acids is 1. The zero-order chi connectivity index (χ0) is 19.5. The fourth-order valence-electron chi connectivity index (χ4n) is 4.55. The van der Waals surface area contributed by atoms with E-state index in [1.807, 2.05) is 18.3 Å². The molecule has 2 fully saturated rings. The maximum absolute atomic E-state index is 12.3. The lowest BCUT2D eigenvalue weighted by Crippen LogP contribution is -2.44. The molecule has 0 bridgehead atoms. The van der Waals surface area contributed by atoms with Gasteiger partial charge in [-0.3, -0.25) is 4.79 Å². The van der Waals surface area contributed by atoms with Gasteiger partial charge in [0.1, 0.15) is 11.5 Å². The van der Waals surface area contributed by atoms with Crippen LogP contribution >= 0.6 is 0 Å². The minimum Gasteiger partial charge on any atom is -0.368 e. The van der Waals surface area contributed by atoms with Crippen LogP contribution in [0.25, 0.3) is 11.0 Å². The molecular weight excluding hydrogens is 366 g/mol. The molecule has 3 aromatic rings. The Hall–Kier alpha value is -3.00. The first kappa shape index (κ1) is 16.9. The number of pyridine rings is 1. The lowest BCUT2D eigenvalue weighted by atomic mass is 10.1. The van der Waals surface area contributed by atoms with E-state index in [-0.39, 0.29) is 5.78 Å². The monoisotopic (exact) mass is 389 g/mol. The summed E-state index contributed by atoms with van der Waals surface area (Å²) in [5.41, 5.74) is 2.76. The Labute approximate surface area is 168 Å². The molecule has 29 heavy (non-hydrogen) atoms. The van der Waals surface area contributed by atoms with Crippen molar-refractivity contribution < 1.29 is 4.79 Å². The van der Waals surface area contributed by atoms with E-state index in [1.54, 1.807) is 6.20 Å². The van der Waals surface area contributed by atoms with Gasteiger partial charge in [0.05, 0.1) is 17.6 Å². The Balaban J connectivity index is 1.25. The molecule has 0 aromatic carbocycles. The summed E-state index contributed by atoms with van der Waals surface area (Å²) >= 11 is 0. The number of hydrogen-bond acceptors (Lipinski definition) is 7. The lowest BCUT2D eigenvalue weighted by molar-refractivity contribution is 0.0954. The second-order valence-electron chi connectivity index (χ2n) is 8.38. The number of fused-ring (bicyclic) bond motifs is 5. The first-order chi connectivity index (χ1) is 14.2. The highest BCUT2D eigenvalue weighted by atomic mass is 16.1. The van der Waals surface area contributed by atoms with Crippen molar-refractivity contribution in [1.82, 2.24) is 24.4 Å². The number of piperazine rings is 1.